The van der Waals surface area contributed by atoms with E-state index < -0.39 is 31.1 Å². The van der Waals surface area contributed by atoms with Crippen molar-refractivity contribution in [3.05, 3.63) is 66.2 Å². The Morgan fingerprint density at radius 1 is 1.13 bits per heavy atom. The van der Waals surface area contributed by atoms with Crippen LogP contribution < -0.4 is 20.1 Å². The number of ether oxygens (including phenoxy) is 2. The molecule has 0 radical (unpaired) electrons. The van der Waals surface area contributed by atoms with Crippen LogP contribution >= 0.6 is 0 Å². The number of hydrogen-bond acceptors (Lipinski definition) is 4. The predicted octanol–water partition coefficient (Wildman–Crippen LogP) is 3.73. The topological polar surface area (TPSA) is 76.7 Å². The van der Waals surface area contributed by atoms with E-state index in [1.54, 1.807) is 35.7 Å². The zero-order valence-electron chi connectivity index (χ0n) is 16.2. The minimum absolute atomic E-state index is 0.0686. The number of alkyl halides is 3. The second kappa shape index (κ2) is 10.3. The number of halogens is 3. The largest absolute Gasteiger partial charge is 0.493 e. The van der Waals surface area contributed by atoms with E-state index in [1.165, 1.54) is 25.3 Å². The number of benzene rings is 2. The van der Waals surface area contributed by atoms with Crippen molar-refractivity contribution >= 4 is 17.5 Å². The predicted molar refractivity (Wildman–Crippen MR) is 106 cm³/mol. The third-order valence-electron chi connectivity index (χ3n) is 3.86. The molecule has 0 saturated carbocycles. The van der Waals surface area contributed by atoms with Crippen molar-refractivity contribution in [2.24, 2.45) is 0 Å². The van der Waals surface area contributed by atoms with Crippen LogP contribution in [0.25, 0.3) is 0 Å². The van der Waals surface area contributed by atoms with Gasteiger partial charge in [0.2, 0.25) is 0 Å². The van der Waals surface area contributed by atoms with E-state index in [-0.39, 0.29) is 11.3 Å². The lowest BCUT2D eigenvalue weighted by Crippen LogP contribution is -2.34. The van der Waals surface area contributed by atoms with E-state index in [0.717, 1.165) is 5.56 Å². The highest BCUT2D eigenvalue weighted by molar-refractivity contribution is 6.04. The summed E-state index contributed by atoms with van der Waals surface area (Å²) in [5.74, 6) is -0.766. The van der Waals surface area contributed by atoms with E-state index in [9.17, 15) is 22.8 Å². The summed E-state index contributed by atoms with van der Waals surface area (Å²) >= 11 is 0. The van der Waals surface area contributed by atoms with Crippen molar-refractivity contribution < 1.29 is 32.2 Å². The third-order valence-corrected chi connectivity index (χ3v) is 3.86. The Morgan fingerprint density at radius 2 is 1.87 bits per heavy atom. The number of rotatable bonds is 9. The molecule has 2 aromatic carbocycles. The molecule has 0 fully saturated rings. The van der Waals surface area contributed by atoms with Crippen LogP contribution in [0.3, 0.4) is 0 Å². The van der Waals surface area contributed by atoms with Gasteiger partial charge >= 0.3 is 6.18 Å². The smallest absolute Gasteiger partial charge is 0.405 e. The zero-order valence-corrected chi connectivity index (χ0v) is 16.2. The molecule has 2 rings (SSSR count). The molecule has 0 spiro atoms. The summed E-state index contributed by atoms with van der Waals surface area (Å²) in [6, 6.07) is 11.0. The third kappa shape index (κ3) is 6.84. The van der Waals surface area contributed by atoms with Crippen LogP contribution in [-0.4, -0.2) is 38.3 Å². The molecular weight excluding hydrogens is 401 g/mol. The summed E-state index contributed by atoms with van der Waals surface area (Å²) in [6.45, 7) is 1.80. The van der Waals surface area contributed by atoms with Gasteiger partial charge in [0.1, 0.15) is 6.54 Å². The monoisotopic (exact) mass is 422 g/mol. The quantitative estimate of drug-likeness (QED) is 0.604. The SMILES string of the molecule is C=CCc1ccc(OCC(=O)Nc2ccccc2C(=O)NCC(F)(F)F)c(OC)c1. The van der Waals surface area contributed by atoms with Gasteiger partial charge in [-0.2, -0.15) is 13.2 Å². The Labute approximate surface area is 171 Å². The molecule has 0 aromatic heterocycles. The highest BCUT2D eigenvalue weighted by Gasteiger charge is 2.28. The molecule has 160 valence electrons. The van der Waals surface area contributed by atoms with Crippen molar-refractivity contribution in [1.29, 1.82) is 0 Å². The lowest BCUT2D eigenvalue weighted by Gasteiger charge is -2.14. The Balaban J connectivity index is 2.02. The molecule has 2 N–H and O–H groups in total. The molecule has 0 saturated heterocycles. The highest BCUT2D eigenvalue weighted by Crippen LogP contribution is 2.28. The minimum Gasteiger partial charge on any atom is -0.493 e. The Morgan fingerprint density at radius 3 is 2.53 bits per heavy atom. The van der Waals surface area contributed by atoms with Gasteiger partial charge in [-0.15, -0.1) is 6.58 Å². The summed E-state index contributed by atoms with van der Waals surface area (Å²) in [6.07, 6.45) is -2.16. The summed E-state index contributed by atoms with van der Waals surface area (Å²) in [5.41, 5.74) is 0.929. The van der Waals surface area contributed by atoms with Crippen molar-refractivity contribution in [2.45, 2.75) is 12.6 Å². The number of amides is 2. The first-order chi connectivity index (χ1) is 14.2. The fourth-order valence-electron chi connectivity index (χ4n) is 2.52. The molecule has 0 atom stereocenters. The molecule has 0 unspecified atom stereocenters. The van der Waals surface area contributed by atoms with Crippen molar-refractivity contribution in [3.63, 3.8) is 0 Å². The van der Waals surface area contributed by atoms with Gasteiger partial charge in [0.05, 0.1) is 18.4 Å². The summed E-state index contributed by atoms with van der Waals surface area (Å²) in [7, 11) is 1.47. The van der Waals surface area contributed by atoms with Crippen molar-refractivity contribution in [2.75, 3.05) is 25.6 Å². The molecule has 2 amide bonds. The first-order valence-corrected chi connectivity index (χ1v) is 8.88. The average molecular weight is 422 g/mol. The number of carbonyl (C=O) groups is 2. The van der Waals surface area contributed by atoms with Gasteiger partial charge in [0, 0.05) is 0 Å². The second-order valence-electron chi connectivity index (χ2n) is 6.16. The van der Waals surface area contributed by atoms with Gasteiger partial charge in [-0.25, -0.2) is 0 Å². The molecule has 30 heavy (non-hydrogen) atoms. The van der Waals surface area contributed by atoms with Crippen LogP contribution in [0, 0.1) is 0 Å². The first kappa shape index (κ1) is 22.8. The molecular formula is C21H21F3N2O4. The van der Waals surface area contributed by atoms with Crippen LogP contribution in [0.4, 0.5) is 18.9 Å². The Kier molecular flexibility index (Phi) is 7.85. The van der Waals surface area contributed by atoms with Crippen molar-refractivity contribution in [3.8, 4) is 11.5 Å². The Bertz CT molecular complexity index is 913. The summed E-state index contributed by atoms with van der Waals surface area (Å²) < 4.78 is 47.7. The maximum Gasteiger partial charge on any atom is 0.405 e. The lowest BCUT2D eigenvalue weighted by molar-refractivity contribution is -0.123. The summed E-state index contributed by atoms with van der Waals surface area (Å²) in [5, 5.41) is 4.24. The second-order valence-corrected chi connectivity index (χ2v) is 6.16. The number of anilines is 1. The van der Waals surface area contributed by atoms with E-state index >= 15 is 0 Å². The van der Waals surface area contributed by atoms with Crippen LogP contribution in [0.2, 0.25) is 0 Å². The van der Waals surface area contributed by atoms with Gasteiger partial charge < -0.3 is 20.1 Å². The molecule has 9 heteroatoms. The maximum absolute atomic E-state index is 12.3. The van der Waals surface area contributed by atoms with E-state index in [2.05, 4.69) is 11.9 Å². The van der Waals surface area contributed by atoms with Gasteiger partial charge in [0.25, 0.3) is 11.8 Å². The normalized spacial score (nSPS) is 10.8. The molecule has 0 aliphatic carbocycles. The van der Waals surface area contributed by atoms with E-state index in [1.807, 2.05) is 0 Å². The van der Waals surface area contributed by atoms with Crippen LogP contribution in [0.5, 0.6) is 11.5 Å². The Hall–Kier alpha value is -3.49. The lowest BCUT2D eigenvalue weighted by atomic mass is 10.1. The summed E-state index contributed by atoms with van der Waals surface area (Å²) in [4.78, 5) is 24.3. The van der Waals surface area contributed by atoms with Crippen LogP contribution in [0.1, 0.15) is 15.9 Å². The standard InChI is InChI=1S/C21H21F3N2O4/c1-3-6-14-9-10-17(18(11-14)29-2)30-12-19(27)26-16-8-5-4-7-15(16)20(28)25-13-21(22,23)24/h3-5,7-11H,1,6,12-13H2,2H3,(H,25,28)(H,26,27). The number of allylic oxidation sites excluding steroid dienone is 1. The molecule has 2 aromatic rings. The molecule has 0 aliphatic rings. The fourth-order valence-corrected chi connectivity index (χ4v) is 2.52. The first-order valence-electron chi connectivity index (χ1n) is 8.88. The fraction of sp³-hybridized carbons (Fsp3) is 0.238. The number of para-hydroxylation sites is 1. The zero-order chi connectivity index (χ0) is 22.1. The van der Waals surface area contributed by atoms with E-state index in [4.69, 9.17) is 9.47 Å². The number of methoxy groups -OCH3 is 1. The van der Waals surface area contributed by atoms with Gasteiger partial charge in [-0.1, -0.05) is 24.3 Å². The average Bonchev–Trinajstić information content (AvgIpc) is 2.71. The minimum atomic E-state index is -4.54. The highest BCUT2D eigenvalue weighted by atomic mass is 19.4. The van der Waals surface area contributed by atoms with Crippen molar-refractivity contribution in [1.82, 2.24) is 5.32 Å². The maximum atomic E-state index is 12.3. The van der Waals surface area contributed by atoms with Crippen LogP contribution in [-0.2, 0) is 11.2 Å². The molecule has 0 heterocycles. The number of carbonyl (C=O) groups excluding carboxylic acids is 2. The number of nitrogens with one attached hydrogen (secondary N) is 2. The van der Waals surface area contributed by atoms with Gasteiger partial charge in [-0.05, 0) is 36.2 Å². The number of hydrogen-bond donors (Lipinski definition) is 2. The molecule has 0 aliphatic heterocycles. The van der Waals surface area contributed by atoms with Crippen LogP contribution in [0.15, 0.2) is 55.1 Å². The van der Waals surface area contributed by atoms with Gasteiger partial charge in [-0.3, -0.25) is 9.59 Å². The van der Waals surface area contributed by atoms with E-state index in [0.29, 0.717) is 17.9 Å². The van der Waals surface area contributed by atoms with Gasteiger partial charge in [0.15, 0.2) is 18.1 Å². The molecule has 6 nitrogen and oxygen atoms in total. The molecule has 0 bridgehead atoms.